The topological polar surface area (TPSA) is 102 Å². The quantitative estimate of drug-likeness (QED) is 0.145. The van der Waals surface area contributed by atoms with E-state index in [1.54, 1.807) is 0 Å². The van der Waals surface area contributed by atoms with Gasteiger partial charge in [-0.1, -0.05) is 106 Å². The Hall–Kier alpha value is -1.20. The number of hydrogen-bond donors (Lipinski definition) is 1. The third-order valence-electron chi connectivity index (χ3n) is 15.4. The van der Waals surface area contributed by atoms with Crippen LogP contribution >= 0.6 is 0 Å². The van der Waals surface area contributed by atoms with Crippen molar-refractivity contribution in [3.63, 3.8) is 0 Å². The normalized spacial score (nSPS) is 39.9. The number of carbonyl (C=O) groups excluding carboxylic acids is 1. The minimum Gasteiger partial charge on any atom is -0.462 e. The van der Waals surface area contributed by atoms with Crippen LogP contribution in [0.1, 0.15) is 115 Å². The van der Waals surface area contributed by atoms with Gasteiger partial charge in [0.1, 0.15) is 23.7 Å². The van der Waals surface area contributed by atoms with E-state index in [0.717, 1.165) is 23.1 Å². The maximum Gasteiger partial charge on any atom is 0.316 e. The molecule has 1 unspecified atom stereocenters. The fourth-order valence-electron chi connectivity index (χ4n) is 9.56. The van der Waals surface area contributed by atoms with E-state index in [2.05, 4.69) is 133 Å². The summed E-state index contributed by atoms with van der Waals surface area (Å²) in [5, 5.41) is 11.6. The Morgan fingerprint density at radius 2 is 1.52 bits per heavy atom. The van der Waals surface area contributed by atoms with Gasteiger partial charge in [0.2, 0.25) is 0 Å². The van der Waals surface area contributed by atoms with Crippen LogP contribution in [0.4, 0.5) is 0 Å². The van der Waals surface area contributed by atoms with Gasteiger partial charge < -0.3 is 37.3 Å². The van der Waals surface area contributed by atoms with Gasteiger partial charge in [0.15, 0.2) is 30.7 Å². The van der Waals surface area contributed by atoms with Gasteiger partial charge in [0, 0.05) is 31.1 Å². The van der Waals surface area contributed by atoms with Crippen LogP contribution in [-0.4, -0.2) is 96.8 Å². The fourth-order valence-corrected chi connectivity index (χ4v) is 13.7. The smallest absolute Gasteiger partial charge is 0.316 e. The molecule has 0 aromatic rings. The van der Waals surface area contributed by atoms with Crippen LogP contribution in [0.25, 0.3) is 0 Å². The van der Waals surface area contributed by atoms with E-state index in [0.29, 0.717) is 32.3 Å². The molecular weight excluding hydrogens is 817 g/mol. The molecule has 13 atom stereocenters. The molecule has 1 N–H and O–H groups in total. The van der Waals surface area contributed by atoms with Gasteiger partial charge in [-0.05, 0) is 98.8 Å². The molecule has 0 amide bonds. The average molecular weight is 903 g/mol. The standard InChI is InChI=1S/C49H86O9Si3/c1-20-31(2)42-35(6)40(56-60(16,17)46(7,8)9)29-48(55-42)28-38-27-37(54-48)25-24-33(4)41(50)32(3)22-21-23-36-30-52-44-43(57-61(18,19)47(10,11)12)34(5)26-39(45(51)53-38)49(36,44)58-59(13,14)15/h21-24,26,31-32,35,37-44,50H,20,25,27-30H2,1-19H3/b22-21+,33-24+,36-23+/t31-,32-,35-,37+,38-,39-,40-,41+,42+,43+,44?,48-,49+/m0/s1. The highest BCUT2D eigenvalue weighted by atomic mass is 28.4. The minimum atomic E-state index is -2.39. The molecule has 1 aliphatic carbocycles. The zero-order valence-electron chi connectivity index (χ0n) is 41.7. The van der Waals surface area contributed by atoms with Crippen molar-refractivity contribution >= 4 is 30.9 Å². The first-order valence-corrected chi connectivity index (χ1v) is 32.7. The van der Waals surface area contributed by atoms with Crippen LogP contribution in [0.5, 0.6) is 0 Å². The molecule has 0 aromatic heterocycles. The summed E-state index contributed by atoms with van der Waals surface area (Å²) in [4.78, 5) is 15.4. The molecule has 0 saturated carbocycles. The van der Waals surface area contributed by atoms with E-state index < -0.39 is 66.7 Å². The second-order valence-corrected chi connectivity index (χ2v) is 37.5. The number of rotatable bonds is 8. The van der Waals surface area contributed by atoms with E-state index in [4.69, 9.17) is 32.2 Å². The Morgan fingerprint density at radius 1 is 0.902 bits per heavy atom. The molecule has 348 valence electrons. The number of carbonyl (C=O) groups is 1. The summed E-state index contributed by atoms with van der Waals surface area (Å²) < 4.78 is 50.2. The van der Waals surface area contributed by atoms with Crippen molar-refractivity contribution in [2.75, 3.05) is 6.61 Å². The summed E-state index contributed by atoms with van der Waals surface area (Å²) in [7, 11) is -6.90. The summed E-state index contributed by atoms with van der Waals surface area (Å²) in [6.07, 6.45) is 10.5. The lowest BCUT2D eigenvalue weighted by Gasteiger charge is -2.55. The zero-order chi connectivity index (χ0) is 45.9. The van der Waals surface area contributed by atoms with Crippen molar-refractivity contribution in [2.24, 2.45) is 23.7 Å². The molecule has 5 rings (SSSR count). The third-order valence-corrected chi connectivity index (χ3v) is 25.4. The highest BCUT2D eigenvalue weighted by Gasteiger charge is 2.64. The SMILES string of the molecule is CC[C@H](C)[C@H]1O[C@@]2(C[C@@H]3C[C@@H](C/C=C(\C)[C@H](O)[C@@H](C)/C=C/C=C4\COC5[C@H](O[Si](C)(C)C(C)(C)C)C(C)=C[C@@H](C(=O)O3)[C@]45O[Si](C)(C)C)O2)C[C@H](O[Si](C)(C)C(C)(C)C)[C@@H]1C. The molecule has 0 radical (unpaired) electrons. The zero-order valence-corrected chi connectivity index (χ0v) is 44.7. The van der Waals surface area contributed by atoms with Crippen molar-refractivity contribution in [1.82, 2.24) is 0 Å². The van der Waals surface area contributed by atoms with E-state index in [-0.39, 0.29) is 52.1 Å². The fraction of sp³-hybridized carbons (Fsp3) is 0.816. The van der Waals surface area contributed by atoms with Crippen LogP contribution in [-0.2, 0) is 37.0 Å². The average Bonchev–Trinajstić information content (AvgIpc) is 3.47. The first-order chi connectivity index (χ1) is 27.9. The molecule has 4 aliphatic heterocycles. The Balaban J connectivity index is 1.66. The maximum absolute atomic E-state index is 15.4. The Morgan fingerprint density at radius 3 is 2.11 bits per heavy atom. The van der Waals surface area contributed by atoms with Gasteiger partial charge in [-0.3, -0.25) is 4.79 Å². The highest BCUT2D eigenvalue weighted by Crippen LogP contribution is 2.53. The third kappa shape index (κ3) is 10.8. The maximum atomic E-state index is 15.4. The Kier molecular flexibility index (Phi) is 15.2. The van der Waals surface area contributed by atoms with Gasteiger partial charge >= 0.3 is 5.97 Å². The van der Waals surface area contributed by atoms with Crippen LogP contribution in [0.15, 0.2) is 47.1 Å². The largest absolute Gasteiger partial charge is 0.462 e. The minimum absolute atomic E-state index is 0.0274. The van der Waals surface area contributed by atoms with Crippen LogP contribution in [0.3, 0.4) is 0 Å². The van der Waals surface area contributed by atoms with Crippen LogP contribution < -0.4 is 0 Å². The lowest BCUT2D eigenvalue weighted by atomic mass is 9.71. The van der Waals surface area contributed by atoms with Crippen molar-refractivity contribution in [3.8, 4) is 0 Å². The van der Waals surface area contributed by atoms with Crippen molar-refractivity contribution in [1.29, 1.82) is 0 Å². The second-order valence-electron chi connectivity index (χ2n) is 23.6. The van der Waals surface area contributed by atoms with Gasteiger partial charge in [-0.25, -0.2) is 0 Å². The molecule has 0 aromatic carbocycles. The van der Waals surface area contributed by atoms with Gasteiger partial charge in [0.05, 0.1) is 37.1 Å². The number of esters is 1. The number of hydrogen-bond acceptors (Lipinski definition) is 9. The highest BCUT2D eigenvalue weighted by molar-refractivity contribution is 6.74. The second kappa shape index (κ2) is 18.2. The molecule has 2 bridgehead atoms. The number of aliphatic hydroxyl groups excluding tert-OH is 1. The lowest BCUT2D eigenvalue weighted by Crippen LogP contribution is -2.64. The molecule has 3 saturated heterocycles. The van der Waals surface area contributed by atoms with Crippen molar-refractivity contribution < 1.29 is 42.1 Å². The summed E-state index contributed by atoms with van der Waals surface area (Å²) in [5.41, 5.74) is 1.57. The molecule has 61 heavy (non-hydrogen) atoms. The predicted molar refractivity (Wildman–Crippen MR) is 254 cm³/mol. The van der Waals surface area contributed by atoms with Gasteiger partial charge in [-0.2, -0.15) is 0 Å². The molecular formula is C49H86O9Si3. The number of fused-ring (bicyclic) bond motifs is 2. The number of allylic oxidation sites excluding steroid dienone is 2. The van der Waals surface area contributed by atoms with Crippen molar-refractivity contribution in [3.05, 3.63) is 47.1 Å². The molecule has 12 heteroatoms. The van der Waals surface area contributed by atoms with Gasteiger partial charge in [0.25, 0.3) is 0 Å². The number of ether oxygens (including phenoxy) is 4. The van der Waals surface area contributed by atoms with E-state index >= 15 is 4.79 Å². The molecule has 1 spiro atoms. The Labute approximate surface area is 374 Å². The number of aliphatic hydroxyl groups is 1. The van der Waals surface area contributed by atoms with E-state index in [1.807, 2.05) is 26.0 Å². The molecule has 3 fully saturated rings. The summed E-state index contributed by atoms with van der Waals surface area (Å²) >= 11 is 0. The van der Waals surface area contributed by atoms with E-state index in [9.17, 15) is 5.11 Å². The predicted octanol–water partition coefficient (Wildman–Crippen LogP) is 11.4. The monoisotopic (exact) mass is 903 g/mol. The molecule has 9 nitrogen and oxygen atoms in total. The van der Waals surface area contributed by atoms with Crippen LogP contribution in [0, 0.1) is 23.7 Å². The molecule has 5 aliphatic rings. The first-order valence-electron chi connectivity index (χ1n) is 23.5. The van der Waals surface area contributed by atoms with E-state index in [1.165, 1.54) is 0 Å². The summed E-state index contributed by atoms with van der Waals surface area (Å²) in [5.74, 6) is -1.89. The van der Waals surface area contributed by atoms with Crippen LogP contribution in [0.2, 0.25) is 55.9 Å². The Bertz CT molecular complexity index is 1700. The summed E-state index contributed by atoms with van der Waals surface area (Å²) in [6.45, 7) is 42.4. The molecule has 4 heterocycles. The lowest BCUT2D eigenvalue weighted by molar-refractivity contribution is -0.353. The van der Waals surface area contributed by atoms with Crippen molar-refractivity contribution in [2.45, 2.75) is 225 Å². The first kappa shape index (κ1) is 50.8. The summed E-state index contributed by atoms with van der Waals surface area (Å²) in [6, 6.07) is 0. The van der Waals surface area contributed by atoms with Gasteiger partial charge in [-0.15, -0.1) is 0 Å².